The molecular formula is C18H16ClNO3. The summed E-state index contributed by atoms with van der Waals surface area (Å²) in [7, 11) is 0. The van der Waals surface area contributed by atoms with E-state index in [0.717, 1.165) is 30.1 Å². The zero-order valence-electron chi connectivity index (χ0n) is 12.4. The number of hydrogen-bond donors (Lipinski definition) is 2. The highest BCUT2D eigenvalue weighted by Crippen LogP contribution is 2.43. The topological polar surface area (TPSA) is 58.6 Å². The largest absolute Gasteiger partial charge is 0.490 e. The number of aryl methyl sites for hydroxylation is 1. The second-order valence-corrected chi connectivity index (χ2v) is 6.68. The fourth-order valence-corrected chi connectivity index (χ4v) is 3.78. The van der Waals surface area contributed by atoms with Gasteiger partial charge in [-0.25, -0.2) is 4.79 Å². The minimum absolute atomic E-state index is 0.0949. The Morgan fingerprint density at radius 2 is 2.13 bits per heavy atom. The quantitative estimate of drug-likeness (QED) is 0.837. The maximum absolute atomic E-state index is 11.1. The summed E-state index contributed by atoms with van der Waals surface area (Å²) in [5, 5.41) is 13.3. The Hall–Kier alpha value is -2.20. The highest BCUT2D eigenvalue weighted by Gasteiger charge is 2.41. The molecule has 0 aromatic heterocycles. The predicted octanol–water partition coefficient (Wildman–Crippen LogP) is 3.73. The first-order valence-corrected chi connectivity index (χ1v) is 7.98. The molecule has 1 spiro atoms. The molecule has 0 fully saturated rings. The van der Waals surface area contributed by atoms with Gasteiger partial charge in [0.25, 0.3) is 0 Å². The Morgan fingerprint density at radius 3 is 2.96 bits per heavy atom. The molecule has 4 rings (SSSR count). The summed E-state index contributed by atoms with van der Waals surface area (Å²) in [6, 6.07) is 11.0. The smallest absolute Gasteiger partial charge is 0.335 e. The fourth-order valence-electron chi connectivity index (χ4n) is 3.59. The lowest BCUT2D eigenvalue weighted by atomic mass is 9.82. The van der Waals surface area contributed by atoms with E-state index in [-0.39, 0.29) is 11.0 Å². The van der Waals surface area contributed by atoms with Crippen LogP contribution in [0.15, 0.2) is 36.4 Å². The molecule has 1 aliphatic carbocycles. The van der Waals surface area contributed by atoms with Crippen molar-refractivity contribution in [3.8, 4) is 5.75 Å². The zero-order valence-corrected chi connectivity index (χ0v) is 13.2. The molecular weight excluding hydrogens is 314 g/mol. The van der Waals surface area contributed by atoms with Gasteiger partial charge >= 0.3 is 5.97 Å². The second kappa shape index (κ2) is 5.17. The van der Waals surface area contributed by atoms with Crippen molar-refractivity contribution < 1.29 is 14.6 Å². The average Bonchev–Trinajstić information content (AvgIpc) is 2.77. The molecule has 1 aliphatic heterocycles. The lowest BCUT2D eigenvalue weighted by Gasteiger charge is -2.28. The maximum Gasteiger partial charge on any atom is 0.335 e. The highest BCUT2D eigenvalue weighted by molar-refractivity contribution is 6.30. The summed E-state index contributed by atoms with van der Waals surface area (Å²) in [6.07, 6.45) is 1.98. The lowest BCUT2D eigenvalue weighted by molar-refractivity contribution is 0.0697. The molecule has 0 saturated heterocycles. The molecule has 1 heterocycles. The number of fused-ring (bicyclic) bond motifs is 3. The van der Waals surface area contributed by atoms with Crippen LogP contribution in [-0.2, 0) is 11.8 Å². The Bertz CT molecular complexity index is 805. The van der Waals surface area contributed by atoms with Gasteiger partial charge in [-0.1, -0.05) is 17.7 Å². The molecule has 118 valence electrons. The van der Waals surface area contributed by atoms with E-state index < -0.39 is 5.97 Å². The van der Waals surface area contributed by atoms with Crippen LogP contribution in [0.5, 0.6) is 5.75 Å². The summed E-state index contributed by atoms with van der Waals surface area (Å²) < 4.78 is 6.02. The van der Waals surface area contributed by atoms with Gasteiger partial charge in [0.05, 0.1) is 17.9 Å². The van der Waals surface area contributed by atoms with Gasteiger partial charge in [0.1, 0.15) is 5.75 Å². The molecule has 4 nitrogen and oxygen atoms in total. The molecule has 0 amide bonds. The van der Waals surface area contributed by atoms with Crippen molar-refractivity contribution in [2.45, 2.75) is 18.3 Å². The van der Waals surface area contributed by atoms with Crippen LogP contribution in [0.1, 0.15) is 27.9 Å². The normalized spacial score (nSPS) is 21.8. The van der Waals surface area contributed by atoms with Crippen molar-refractivity contribution in [1.29, 1.82) is 0 Å². The number of hydrogen-bond acceptors (Lipinski definition) is 3. The van der Waals surface area contributed by atoms with Crippen LogP contribution in [0.25, 0.3) is 0 Å². The number of anilines is 1. The third kappa shape index (κ3) is 2.34. The number of ether oxygens (including phenoxy) is 1. The minimum atomic E-state index is -0.936. The first-order valence-electron chi connectivity index (χ1n) is 7.60. The van der Waals surface area contributed by atoms with Crippen LogP contribution in [0.2, 0.25) is 5.02 Å². The number of benzene rings is 2. The van der Waals surface area contributed by atoms with Crippen molar-refractivity contribution in [2.75, 3.05) is 18.5 Å². The van der Waals surface area contributed by atoms with Crippen molar-refractivity contribution in [2.24, 2.45) is 0 Å². The van der Waals surface area contributed by atoms with E-state index in [2.05, 4.69) is 11.4 Å². The number of nitrogens with one attached hydrogen (secondary N) is 1. The van der Waals surface area contributed by atoms with Crippen molar-refractivity contribution in [3.05, 3.63) is 58.1 Å². The number of carboxylic acids is 1. The predicted molar refractivity (Wildman–Crippen MR) is 88.8 cm³/mol. The molecule has 2 aliphatic rings. The van der Waals surface area contributed by atoms with E-state index in [4.69, 9.17) is 21.4 Å². The molecule has 5 heteroatoms. The Morgan fingerprint density at radius 1 is 1.26 bits per heavy atom. The van der Waals surface area contributed by atoms with Crippen LogP contribution >= 0.6 is 11.6 Å². The SMILES string of the molecule is O=C(O)c1ccc2c(c1)NCC1(CCc3cc(Cl)ccc31)CO2. The molecule has 1 atom stereocenters. The highest BCUT2D eigenvalue weighted by atomic mass is 35.5. The van der Waals surface area contributed by atoms with E-state index in [1.54, 1.807) is 18.2 Å². The number of carboxylic acid groups (broad SMARTS) is 1. The third-order valence-corrected chi connectivity index (χ3v) is 5.09. The first-order chi connectivity index (χ1) is 11.1. The summed E-state index contributed by atoms with van der Waals surface area (Å²) in [6.45, 7) is 1.30. The molecule has 0 radical (unpaired) electrons. The van der Waals surface area contributed by atoms with Crippen LogP contribution in [0.3, 0.4) is 0 Å². The molecule has 23 heavy (non-hydrogen) atoms. The van der Waals surface area contributed by atoms with Gasteiger partial charge in [-0.2, -0.15) is 0 Å². The van der Waals surface area contributed by atoms with Gasteiger partial charge in [0, 0.05) is 17.0 Å². The van der Waals surface area contributed by atoms with E-state index in [0.29, 0.717) is 12.4 Å². The van der Waals surface area contributed by atoms with E-state index in [9.17, 15) is 4.79 Å². The van der Waals surface area contributed by atoms with Gasteiger partial charge < -0.3 is 15.2 Å². The monoisotopic (exact) mass is 329 g/mol. The lowest BCUT2D eigenvalue weighted by Crippen LogP contribution is -2.36. The van der Waals surface area contributed by atoms with Crippen molar-refractivity contribution in [3.63, 3.8) is 0 Å². The first kappa shape index (κ1) is 14.4. The van der Waals surface area contributed by atoms with E-state index in [1.165, 1.54) is 11.1 Å². The third-order valence-electron chi connectivity index (χ3n) is 4.86. The van der Waals surface area contributed by atoms with E-state index in [1.807, 2.05) is 12.1 Å². The molecule has 2 aromatic rings. The van der Waals surface area contributed by atoms with Crippen LogP contribution in [0.4, 0.5) is 5.69 Å². The Kier molecular flexibility index (Phi) is 3.23. The standard InChI is InChI=1S/C18H16ClNO3/c19-13-2-3-14-11(7-13)5-6-18(14)9-20-15-8-12(17(21)22)1-4-16(15)23-10-18/h1-4,7-8,20H,5-6,9-10H2,(H,21,22). The molecule has 0 bridgehead atoms. The fraction of sp³-hybridized carbons (Fsp3) is 0.278. The van der Waals surface area contributed by atoms with Crippen molar-refractivity contribution in [1.82, 2.24) is 0 Å². The maximum atomic E-state index is 11.1. The number of halogens is 1. The summed E-state index contributed by atoms with van der Waals surface area (Å²) >= 11 is 6.10. The Balaban J connectivity index is 1.68. The second-order valence-electron chi connectivity index (χ2n) is 6.24. The number of carbonyl (C=O) groups is 1. The number of aromatic carboxylic acids is 1. The van der Waals surface area contributed by atoms with Gasteiger partial charge in [0.2, 0.25) is 0 Å². The van der Waals surface area contributed by atoms with Crippen molar-refractivity contribution >= 4 is 23.3 Å². The average molecular weight is 330 g/mol. The Labute approximate surface area is 139 Å². The minimum Gasteiger partial charge on any atom is -0.490 e. The molecule has 2 aromatic carbocycles. The van der Waals surface area contributed by atoms with Gasteiger partial charge in [-0.3, -0.25) is 0 Å². The molecule has 1 unspecified atom stereocenters. The zero-order chi connectivity index (χ0) is 16.0. The number of rotatable bonds is 1. The van der Waals surface area contributed by atoms with Gasteiger partial charge in [0.15, 0.2) is 0 Å². The molecule has 2 N–H and O–H groups in total. The summed E-state index contributed by atoms with van der Waals surface area (Å²) in [5.74, 6) is -0.233. The van der Waals surface area contributed by atoms with Crippen LogP contribution in [-0.4, -0.2) is 24.2 Å². The van der Waals surface area contributed by atoms with E-state index >= 15 is 0 Å². The van der Waals surface area contributed by atoms with Gasteiger partial charge in [-0.05, 0) is 54.3 Å². The van der Waals surface area contributed by atoms with Crippen LogP contribution < -0.4 is 10.1 Å². The van der Waals surface area contributed by atoms with Gasteiger partial charge in [-0.15, -0.1) is 0 Å². The summed E-state index contributed by atoms with van der Waals surface area (Å²) in [5.41, 5.74) is 3.46. The summed E-state index contributed by atoms with van der Waals surface area (Å²) in [4.78, 5) is 11.1. The van der Waals surface area contributed by atoms with Crippen LogP contribution in [0, 0.1) is 0 Å². The molecule has 0 saturated carbocycles.